The van der Waals surface area contributed by atoms with E-state index in [-0.39, 0.29) is 22.8 Å². The molecule has 2 aromatic carbocycles. The van der Waals surface area contributed by atoms with Crippen LogP contribution in [0.1, 0.15) is 12.5 Å². The number of nitro groups is 1. The zero-order valence-electron chi connectivity index (χ0n) is 15.6. The van der Waals surface area contributed by atoms with Crippen molar-refractivity contribution in [3.63, 3.8) is 0 Å². The number of nitro benzene ring substituents is 1. The van der Waals surface area contributed by atoms with E-state index in [1.807, 2.05) is 44.1 Å². The molecule has 2 N–H and O–H groups in total. The molecule has 0 saturated carbocycles. The van der Waals surface area contributed by atoms with Crippen molar-refractivity contribution in [1.82, 2.24) is 9.62 Å². The molecule has 0 aliphatic heterocycles. The summed E-state index contributed by atoms with van der Waals surface area (Å²) in [4.78, 5) is 12.6. The van der Waals surface area contributed by atoms with Crippen LogP contribution in [0.2, 0.25) is 0 Å². The summed E-state index contributed by atoms with van der Waals surface area (Å²) in [5.41, 5.74) is 1.73. The highest BCUT2D eigenvalue weighted by Gasteiger charge is 2.21. The second kappa shape index (κ2) is 8.94. The van der Waals surface area contributed by atoms with E-state index < -0.39 is 14.9 Å². The van der Waals surface area contributed by atoms with Crippen molar-refractivity contribution in [2.75, 3.05) is 32.5 Å². The van der Waals surface area contributed by atoms with Gasteiger partial charge in [-0.1, -0.05) is 19.1 Å². The van der Waals surface area contributed by atoms with Gasteiger partial charge in [0.2, 0.25) is 10.0 Å². The van der Waals surface area contributed by atoms with Gasteiger partial charge < -0.3 is 10.2 Å². The highest BCUT2D eigenvalue weighted by molar-refractivity contribution is 7.89. The van der Waals surface area contributed by atoms with Crippen molar-refractivity contribution < 1.29 is 13.3 Å². The largest absolute Gasteiger partial charge is 0.350 e. The van der Waals surface area contributed by atoms with E-state index in [1.165, 1.54) is 12.1 Å². The Hall–Kier alpha value is -2.49. The summed E-state index contributed by atoms with van der Waals surface area (Å²) in [6, 6.07) is 11.4. The van der Waals surface area contributed by atoms with Crippen LogP contribution < -0.4 is 10.0 Å². The molecular formula is C18H24N4O4S. The molecule has 0 aliphatic carbocycles. The predicted octanol–water partition coefficient (Wildman–Crippen LogP) is 2.74. The van der Waals surface area contributed by atoms with E-state index in [9.17, 15) is 18.5 Å². The molecule has 0 fully saturated rings. The first-order valence-electron chi connectivity index (χ1n) is 8.51. The number of nitrogens with one attached hydrogen (secondary N) is 2. The first-order chi connectivity index (χ1) is 12.7. The van der Waals surface area contributed by atoms with E-state index in [2.05, 4.69) is 10.0 Å². The standard InChI is InChI=1S/C18H24N4O4S/c1-4-14-6-5-7-15(12-14)20-17-9-8-16(13-18(17)22(23)24)27(25,26)19-10-11-21(2)3/h5-9,12-13,19-20H,4,10-11H2,1-3H3. The van der Waals surface area contributed by atoms with Crippen molar-refractivity contribution in [3.05, 3.63) is 58.1 Å². The van der Waals surface area contributed by atoms with Crippen LogP contribution in [0.25, 0.3) is 0 Å². The summed E-state index contributed by atoms with van der Waals surface area (Å²) in [5.74, 6) is 0. The first-order valence-corrected chi connectivity index (χ1v) is 10.00. The van der Waals surface area contributed by atoms with E-state index in [1.54, 1.807) is 6.07 Å². The Bertz CT molecular complexity index is 913. The van der Waals surface area contributed by atoms with Gasteiger partial charge in [0.25, 0.3) is 5.69 Å². The normalized spacial score (nSPS) is 11.6. The van der Waals surface area contributed by atoms with Gasteiger partial charge in [0.05, 0.1) is 9.82 Å². The molecule has 27 heavy (non-hydrogen) atoms. The Morgan fingerprint density at radius 2 is 1.89 bits per heavy atom. The number of hydrogen-bond acceptors (Lipinski definition) is 6. The summed E-state index contributed by atoms with van der Waals surface area (Å²) in [6.07, 6.45) is 0.841. The van der Waals surface area contributed by atoms with Crippen LogP contribution in [0.15, 0.2) is 47.4 Å². The molecule has 8 nitrogen and oxygen atoms in total. The molecule has 0 saturated heterocycles. The lowest BCUT2D eigenvalue weighted by Crippen LogP contribution is -2.31. The zero-order valence-corrected chi connectivity index (χ0v) is 16.4. The van der Waals surface area contributed by atoms with Gasteiger partial charge in [0, 0.05) is 24.8 Å². The van der Waals surface area contributed by atoms with Gasteiger partial charge in [0.1, 0.15) is 5.69 Å². The summed E-state index contributed by atoms with van der Waals surface area (Å²) in [7, 11) is -0.168. The first kappa shape index (κ1) is 20.8. The second-order valence-corrected chi connectivity index (χ2v) is 8.08. The van der Waals surface area contributed by atoms with Crippen molar-refractivity contribution in [2.24, 2.45) is 0 Å². The highest BCUT2D eigenvalue weighted by atomic mass is 32.2. The maximum atomic E-state index is 12.4. The monoisotopic (exact) mass is 392 g/mol. The molecule has 0 bridgehead atoms. The Morgan fingerprint density at radius 3 is 2.52 bits per heavy atom. The van der Waals surface area contributed by atoms with E-state index >= 15 is 0 Å². The van der Waals surface area contributed by atoms with Crippen LogP contribution >= 0.6 is 0 Å². The van der Waals surface area contributed by atoms with E-state index in [0.717, 1.165) is 18.1 Å². The van der Waals surface area contributed by atoms with Crippen molar-refractivity contribution in [2.45, 2.75) is 18.2 Å². The molecule has 0 radical (unpaired) electrons. The number of hydrogen-bond donors (Lipinski definition) is 2. The number of likely N-dealkylation sites (N-methyl/N-ethyl adjacent to an activating group) is 1. The molecule has 0 atom stereocenters. The number of sulfonamides is 1. The zero-order chi connectivity index (χ0) is 20.0. The van der Waals surface area contributed by atoms with Crippen LogP contribution in [-0.2, 0) is 16.4 Å². The van der Waals surface area contributed by atoms with Crippen molar-refractivity contribution >= 4 is 27.1 Å². The molecule has 0 unspecified atom stereocenters. The van der Waals surface area contributed by atoms with Gasteiger partial charge in [-0.2, -0.15) is 0 Å². The third-order valence-electron chi connectivity index (χ3n) is 3.94. The molecule has 0 aromatic heterocycles. The summed E-state index contributed by atoms with van der Waals surface area (Å²) < 4.78 is 27.2. The fourth-order valence-corrected chi connectivity index (χ4v) is 3.49. The highest BCUT2D eigenvalue weighted by Crippen LogP contribution is 2.30. The number of nitrogens with zero attached hydrogens (tertiary/aromatic N) is 2. The third-order valence-corrected chi connectivity index (χ3v) is 5.40. The van der Waals surface area contributed by atoms with E-state index in [0.29, 0.717) is 12.2 Å². The van der Waals surface area contributed by atoms with Crippen LogP contribution in [0, 0.1) is 10.1 Å². The van der Waals surface area contributed by atoms with Crippen LogP contribution in [-0.4, -0.2) is 45.4 Å². The number of benzene rings is 2. The molecule has 146 valence electrons. The lowest BCUT2D eigenvalue weighted by atomic mass is 10.1. The average molecular weight is 392 g/mol. The molecule has 0 amide bonds. The van der Waals surface area contributed by atoms with E-state index in [4.69, 9.17) is 0 Å². The molecule has 9 heteroatoms. The quantitative estimate of drug-likeness (QED) is 0.502. The van der Waals surface area contributed by atoms with Crippen molar-refractivity contribution in [3.8, 4) is 0 Å². The minimum absolute atomic E-state index is 0.138. The molecule has 2 aromatic rings. The van der Waals surface area contributed by atoms with Gasteiger partial charge in [-0.05, 0) is 50.3 Å². The molecule has 0 spiro atoms. The Balaban J connectivity index is 2.29. The lowest BCUT2D eigenvalue weighted by molar-refractivity contribution is -0.384. The average Bonchev–Trinajstić information content (AvgIpc) is 2.61. The van der Waals surface area contributed by atoms with Gasteiger partial charge in [0.15, 0.2) is 0 Å². The SMILES string of the molecule is CCc1cccc(Nc2ccc(S(=O)(=O)NCCN(C)C)cc2[N+](=O)[O-])c1. The van der Waals surface area contributed by atoms with Crippen molar-refractivity contribution in [1.29, 1.82) is 0 Å². The minimum Gasteiger partial charge on any atom is -0.350 e. The van der Waals surface area contributed by atoms with Gasteiger partial charge in [-0.25, -0.2) is 13.1 Å². The molecule has 0 aliphatic rings. The minimum atomic E-state index is -3.82. The maximum absolute atomic E-state index is 12.4. The summed E-state index contributed by atoms with van der Waals surface area (Å²) in [5, 5.41) is 14.5. The van der Waals surface area contributed by atoms with Crippen LogP contribution in [0.5, 0.6) is 0 Å². The number of anilines is 2. The number of aryl methyl sites for hydroxylation is 1. The van der Waals surface area contributed by atoms with Gasteiger partial charge in [-0.15, -0.1) is 0 Å². The Kier molecular flexibility index (Phi) is 6.89. The van der Waals surface area contributed by atoms with Crippen LogP contribution in [0.3, 0.4) is 0 Å². The lowest BCUT2D eigenvalue weighted by Gasteiger charge is -2.12. The fraction of sp³-hybridized carbons (Fsp3) is 0.333. The van der Waals surface area contributed by atoms with Crippen LogP contribution in [0.4, 0.5) is 17.1 Å². The number of rotatable bonds is 9. The molecule has 2 rings (SSSR count). The molecule has 0 heterocycles. The second-order valence-electron chi connectivity index (χ2n) is 6.32. The summed E-state index contributed by atoms with van der Waals surface area (Å²) in [6.45, 7) is 2.76. The smallest absolute Gasteiger partial charge is 0.294 e. The van der Waals surface area contributed by atoms with Gasteiger partial charge in [-0.3, -0.25) is 10.1 Å². The molecular weight excluding hydrogens is 368 g/mol. The topological polar surface area (TPSA) is 105 Å². The fourth-order valence-electron chi connectivity index (χ4n) is 2.45. The Morgan fingerprint density at radius 1 is 1.15 bits per heavy atom. The Labute approximate surface area is 159 Å². The predicted molar refractivity (Wildman–Crippen MR) is 106 cm³/mol. The third kappa shape index (κ3) is 5.75. The summed E-state index contributed by atoms with van der Waals surface area (Å²) >= 11 is 0. The van der Waals surface area contributed by atoms with Gasteiger partial charge >= 0.3 is 0 Å². The maximum Gasteiger partial charge on any atom is 0.294 e.